The zero-order valence-electron chi connectivity index (χ0n) is 11.1. The topological polar surface area (TPSA) is 55.1 Å². The Kier molecular flexibility index (Phi) is 4.77. The number of halogens is 1. The Balaban J connectivity index is 1.91. The van der Waals surface area contributed by atoms with E-state index in [0.29, 0.717) is 18.0 Å². The molecule has 0 radical (unpaired) electrons. The fourth-order valence-electron chi connectivity index (χ4n) is 2.67. The molecule has 0 aromatic heterocycles. The first-order valence-electron chi connectivity index (χ1n) is 7.00. The molecule has 1 saturated carbocycles. The van der Waals surface area contributed by atoms with Gasteiger partial charge in [-0.25, -0.2) is 4.39 Å². The molecule has 1 amide bonds. The van der Waals surface area contributed by atoms with Gasteiger partial charge in [0.1, 0.15) is 5.82 Å². The second-order valence-corrected chi connectivity index (χ2v) is 5.35. The first-order chi connectivity index (χ1) is 9.15. The van der Waals surface area contributed by atoms with Crippen LogP contribution in [0.4, 0.5) is 15.8 Å². The van der Waals surface area contributed by atoms with Crippen LogP contribution in [-0.4, -0.2) is 5.91 Å². The number of hydrogen-bond acceptors (Lipinski definition) is 2. The van der Waals surface area contributed by atoms with Gasteiger partial charge in [0.05, 0.1) is 5.69 Å². The molecule has 3 N–H and O–H groups in total. The maximum atomic E-state index is 13.5. The van der Waals surface area contributed by atoms with Crippen LogP contribution in [0.2, 0.25) is 0 Å². The summed E-state index contributed by atoms with van der Waals surface area (Å²) in [7, 11) is 0. The monoisotopic (exact) mass is 264 g/mol. The summed E-state index contributed by atoms with van der Waals surface area (Å²) in [4.78, 5) is 11.9. The Labute approximate surface area is 113 Å². The zero-order chi connectivity index (χ0) is 13.7. The van der Waals surface area contributed by atoms with E-state index in [1.165, 1.54) is 43.9 Å². The van der Waals surface area contributed by atoms with E-state index in [1.54, 1.807) is 0 Å². The predicted molar refractivity (Wildman–Crippen MR) is 75.3 cm³/mol. The molecule has 19 heavy (non-hydrogen) atoms. The van der Waals surface area contributed by atoms with Gasteiger partial charge < -0.3 is 11.1 Å². The lowest BCUT2D eigenvalue weighted by Gasteiger charge is -2.14. The molecular weight excluding hydrogens is 243 g/mol. The van der Waals surface area contributed by atoms with Crippen molar-refractivity contribution >= 4 is 17.3 Å². The molecule has 4 heteroatoms. The highest BCUT2D eigenvalue weighted by Crippen LogP contribution is 2.26. The van der Waals surface area contributed by atoms with Gasteiger partial charge in [-0.15, -0.1) is 0 Å². The fraction of sp³-hybridized carbons (Fsp3) is 0.533. The molecule has 0 aliphatic heterocycles. The molecule has 0 unspecified atom stereocenters. The number of nitrogen functional groups attached to an aromatic ring is 1. The van der Waals surface area contributed by atoms with Gasteiger partial charge >= 0.3 is 0 Å². The Bertz CT molecular complexity index is 440. The number of nitrogens with two attached hydrogens (primary N) is 1. The molecule has 0 saturated heterocycles. The van der Waals surface area contributed by atoms with Gasteiger partial charge in [0.15, 0.2) is 0 Å². The van der Waals surface area contributed by atoms with Crippen molar-refractivity contribution in [3.63, 3.8) is 0 Å². The maximum absolute atomic E-state index is 13.5. The van der Waals surface area contributed by atoms with E-state index >= 15 is 0 Å². The van der Waals surface area contributed by atoms with Crippen molar-refractivity contribution in [3.8, 4) is 0 Å². The average Bonchev–Trinajstić information content (AvgIpc) is 2.62. The van der Waals surface area contributed by atoms with Gasteiger partial charge in [-0.2, -0.15) is 0 Å². The molecule has 1 aliphatic carbocycles. The number of carbonyl (C=O) groups excluding carboxylic acids is 1. The van der Waals surface area contributed by atoms with Crippen LogP contribution in [0.15, 0.2) is 18.2 Å². The Morgan fingerprint density at radius 2 is 1.95 bits per heavy atom. The molecule has 1 aromatic rings. The van der Waals surface area contributed by atoms with Crippen molar-refractivity contribution < 1.29 is 9.18 Å². The quantitative estimate of drug-likeness (QED) is 0.646. The summed E-state index contributed by atoms with van der Waals surface area (Å²) in [6, 6.07) is 4.22. The minimum Gasteiger partial charge on any atom is -0.399 e. The third kappa shape index (κ3) is 4.23. The molecule has 0 heterocycles. The van der Waals surface area contributed by atoms with Crippen LogP contribution < -0.4 is 11.1 Å². The maximum Gasteiger partial charge on any atom is 0.224 e. The number of hydrogen-bond donors (Lipinski definition) is 2. The van der Waals surface area contributed by atoms with Crippen molar-refractivity contribution in [2.45, 2.75) is 44.9 Å². The third-order valence-corrected chi connectivity index (χ3v) is 3.71. The van der Waals surface area contributed by atoms with Crippen molar-refractivity contribution in [3.05, 3.63) is 24.0 Å². The highest BCUT2D eigenvalue weighted by Gasteiger charge is 2.17. The van der Waals surface area contributed by atoms with E-state index in [2.05, 4.69) is 5.32 Å². The molecule has 1 aromatic carbocycles. The first-order valence-corrected chi connectivity index (χ1v) is 7.00. The smallest absolute Gasteiger partial charge is 0.224 e. The van der Waals surface area contributed by atoms with E-state index in [1.807, 2.05) is 0 Å². The van der Waals surface area contributed by atoms with E-state index in [0.717, 1.165) is 12.8 Å². The normalized spacial score (nSPS) is 16.9. The Hall–Kier alpha value is -1.58. The van der Waals surface area contributed by atoms with Gasteiger partial charge in [0.2, 0.25) is 5.91 Å². The van der Waals surface area contributed by atoms with Crippen LogP contribution in [0.25, 0.3) is 0 Å². The number of anilines is 2. The van der Waals surface area contributed by atoms with Gasteiger partial charge in [-0.3, -0.25) is 4.79 Å². The lowest BCUT2D eigenvalue weighted by molar-refractivity contribution is -0.117. The SMILES string of the molecule is Nc1ccc(F)c(NC(=O)CC2CCCCCC2)c1. The lowest BCUT2D eigenvalue weighted by Crippen LogP contribution is -2.17. The van der Waals surface area contributed by atoms with E-state index in [9.17, 15) is 9.18 Å². The number of benzene rings is 1. The van der Waals surface area contributed by atoms with E-state index in [-0.39, 0.29) is 11.6 Å². The standard InChI is InChI=1S/C15H21FN2O/c16-13-8-7-12(17)10-14(13)18-15(19)9-11-5-3-1-2-4-6-11/h7-8,10-11H,1-6,9,17H2,(H,18,19). The van der Waals surface area contributed by atoms with Crippen LogP contribution in [0.3, 0.4) is 0 Å². The predicted octanol–water partition coefficient (Wildman–Crippen LogP) is 3.71. The van der Waals surface area contributed by atoms with Crippen LogP contribution in [0.5, 0.6) is 0 Å². The molecule has 104 valence electrons. The van der Waals surface area contributed by atoms with Crippen LogP contribution in [0, 0.1) is 11.7 Å². The largest absolute Gasteiger partial charge is 0.399 e. The van der Waals surface area contributed by atoms with Gasteiger partial charge in [0.25, 0.3) is 0 Å². The van der Waals surface area contributed by atoms with Crippen molar-refractivity contribution in [1.29, 1.82) is 0 Å². The Morgan fingerprint density at radius 1 is 1.26 bits per heavy atom. The molecule has 1 fully saturated rings. The van der Waals surface area contributed by atoms with Crippen LogP contribution >= 0.6 is 0 Å². The number of rotatable bonds is 3. The summed E-state index contributed by atoms with van der Waals surface area (Å²) in [5, 5.41) is 2.62. The van der Waals surface area contributed by atoms with Crippen LogP contribution in [0.1, 0.15) is 44.9 Å². The van der Waals surface area contributed by atoms with E-state index in [4.69, 9.17) is 5.73 Å². The highest BCUT2D eigenvalue weighted by atomic mass is 19.1. The zero-order valence-corrected chi connectivity index (χ0v) is 11.1. The average molecular weight is 264 g/mol. The van der Waals surface area contributed by atoms with Gasteiger partial charge in [0, 0.05) is 12.1 Å². The third-order valence-electron chi connectivity index (χ3n) is 3.71. The molecule has 1 aliphatic rings. The minimum atomic E-state index is -0.441. The molecule has 0 spiro atoms. The summed E-state index contributed by atoms with van der Waals surface area (Å²) in [6.07, 6.45) is 7.62. The van der Waals surface area contributed by atoms with Crippen molar-refractivity contribution in [2.75, 3.05) is 11.1 Å². The minimum absolute atomic E-state index is 0.114. The molecule has 2 rings (SSSR count). The summed E-state index contributed by atoms with van der Waals surface area (Å²) < 4.78 is 13.5. The second-order valence-electron chi connectivity index (χ2n) is 5.35. The fourth-order valence-corrected chi connectivity index (χ4v) is 2.67. The van der Waals surface area contributed by atoms with Gasteiger partial charge in [-0.05, 0) is 37.0 Å². The molecule has 0 bridgehead atoms. The second kappa shape index (κ2) is 6.55. The lowest BCUT2D eigenvalue weighted by atomic mass is 9.96. The van der Waals surface area contributed by atoms with Gasteiger partial charge in [-0.1, -0.05) is 25.7 Å². The Morgan fingerprint density at radius 3 is 2.63 bits per heavy atom. The number of amides is 1. The van der Waals surface area contributed by atoms with Crippen molar-refractivity contribution in [2.24, 2.45) is 5.92 Å². The molecule has 3 nitrogen and oxygen atoms in total. The highest BCUT2D eigenvalue weighted by molar-refractivity contribution is 5.91. The van der Waals surface area contributed by atoms with Crippen molar-refractivity contribution in [1.82, 2.24) is 0 Å². The molecular formula is C15H21FN2O. The van der Waals surface area contributed by atoms with E-state index < -0.39 is 5.82 Å². The summed E-state index contributed by atoms with van der Waals surface area (Å²) in [5.74, 6) is -0.119. The van der Waals surface area contributed by atoms with Crippen LogP contribution in [-0.2, 0) is 4.79 Å². The number of nitrogens with one attached hydrogen (secondary N) is 1. The summed E-state index contributed by atoms with van der Waals surface area (Å²) in [5.41, 5.74) is 6.22. The first kappa shape index (κ1) is 13.8. The summed E-state index contributed by atoms with van der Waals surface area (Å²) >= 11 is 0. The molecule has 0 atom stereocenters. The number of carbonyl (C=O) groups is 1. The summed E-state index contributed by atoms with van der Waals surface area (Å²) in [6.45, 7) is 0.